The first kappa shape index (κ1) is 16.0. The molecule has 0 bridgehead atoms. The van der Waals surface area contributed by atoms with Gasteiger partial charge in [0, 0.05) is 36.3 Å². The number of morpholine rings is 1. The number of methoxy groups -OCH3 is 1. The van der Waals surface area contributed by atoms with Crippen LogP contribution < -0.4 is 4.74 Å². The first-order chi connectivity index (χ1) is 11.0. The second-order valence-electron chi connectivity index (χ2n) is 5.65. The molecule has 3 rings (SSSR count). The zero-order valence-corrected chi connectivity index (χ0v) is 14.6. The lowest BCUT2D eigenvalue weighted by Gasteiger charge is -2.35. The highest BCUT2D eigenvalue weighted by Gasteiger charge is 2.33. The van der Waals surface area contributed by atoms with E-state index >= 15 is 0 Å². The topological polar surface area (TPSA) is 56.6 Å². The maximum atomic E-state index is 12.9. The maximum absolute atomic E-state index is 12.9. The molecule has 1 fully saturated rings. The van der Waals surface area contributed by atoms with Crippen LogP contribution in [-0.4, -0.2) is 47.5 Å². The third kappa shape index (κ3) is 2.86. The molecule has 1 unspecified atom stereocenters. The molecular weight excluding hydrogens is 314 g/mol. The van der Waals surface area contributed by atoms with Crippen molar-refractivity contribution in [3.05, 3.63) is 33.3 Å². The van der Waals surface area contributed by atoms with E-state index in [1.54, 1.807) is 13.2 Å². The van der Waals surface area contributed by atoms with Crippen molar-refractivity contribution in [2.75, 3.05) is 26.9 Å². The van der Waals surface area contributed by atoms with Gasteiger partial charge in [-0.3, -0.25) is 9.48 Å². The molecule has 1 aliphatic heterocycles. The summed E-state index contributed by atoms with van der Waals surface area (Å²) in [7, 11) is 3.53. The summed E-state index contributed by atoms with van der Waals surface area (Å²) in [6.45, 7) is 5.65. The van der Waals surface area contributed by atoms with Crippen LogP contribution in [0.4, 0.5) is 0 Å². The van der Waals surface area contributed by atoms with Crippen molar-refractivity contribution in [2.24, 2.45) is 7.05 Å². The minimum absolute atomic E-state index is 0.0225. The molecule has 23 heavy (non-hydrogen) atoms. The molecule has 0 aromatic carbocycles. The molecule has 1 atom stereocenters. The molecular formula is C16H21N3O3S. The van der Waals surface area contributed by atoms with Crippen LogP contribution in [0.3, 0.4) is 0 Å². The molecule has 1 saturated heterocycles. The number of carbonyl (C=O) groups excluding carboxylic acids is 1. The van der Waals surface area contributed by atoms with Crippen molar-refractivity contribution in [1.82, 2.24) is 14.7 Å². The van der Waals surface area contributed by atoms with Crippen LogP contribution in [0.15, 0.2) is 11.4 Å². The zero-order chi connectivity index (χ0) is 16.6. The number of carbonyl (C=O) groups is 1. The van der Waals surface area contributed by atoms with Crippen LogP contribution >= 0.6 is 11.3 Å². The highest BCUT2D eigenvalue weighted by Crippen LogP contribution is 2.32. The number of thiophene rings is 1. The quantitative estimate of drug-likeness (QED) is 0.864. The first-order valence-corrected chi connectivity index (χ1v) is 8.42. The van der Waals surface area contributed by atoms with Crippen molar-refractivity contribution < 1.29 is 14.3 Å². The van der Waals surface area contributed by atoms with E-state index in [-0.39, 0.29) is 11.9 Å². The Labute approximate surface area is 139 Å². The maximum Gasteiger partial charge on any atom is 0.264 e. The third-order valence-electron chi connectivity index (χ3n) is 4.31. The van der Waals surface area contributed by atoms with Crippen molar-refractivity contribution >= 4 is 17.2 Å². The average molecular weight is 335 g/mol. The summed E-state index contributed by atoms with van der Waals surface area (Å²) in [5, 5.41) is 6.33. The summed E-state index contributed by atoms with van der Waals surface area (Å²) in [5.74, 6) is 0.742. The molecule has 1 amide bonds. The summed E-state index contributed by atoms with van der Waals surface area (Å²) in [6, 6.07) is 1.70. The van der Waals surface area contributed by atoms with E-state index in [2.05, 4.69) is 5.10 Å². The molecule has 124 valence electrons. The second kappa shape index (κ2) is 6.33. The lowest BCUT2D eigenvalue weighted by atomic mass is 10.0. The van der Waals surface area contributed by atoms with Gasteiger partial charge in [0.25, 0.3) is 5.91 Å². The van der Waals surface area contributed by atoms with Gasteiger partial charge in [-0.05, 0) is 13.8 Å². The number of nitrogens with zero attached hydrogens (tertiary/aromatic N) is 3. The predicted octanol–water partition coefficient (Wildman–Crippen LogP) is 2.32. The Morgan fingerprint density at radius 2 is 2.26 bits per heavy atom. The fourth-order valence-corrected chi connectivity index (χ4v) is 3.85. The fraction of sp³-hybridized carbons (Fsp3) is 0.500. The molecule has 0 aliphatic carbocycles. The van der Waals surface area contributed by atoms with Crippen LogP contribution in [-0.2, 0) is 11.8 Å². The van der Waals surface area contributed by atoms with Crippen LogP contribution in [0.1, 0.15) is 32.7 Å². The molecule has 2 aromatic rings. The minimum atomic E-state index is -0.0990. The Hall–Kier alpha value is -1.86. The van der Waals surface area contributed by atoms with E-state index in [0.29, 0.717) is 24.6 Å². The number of ether oxygens (including phenoxy) is 2. The largest absolute Gasteiger partial charge is 0.496 e. The number of rotatable bonds is 3. The highest BCUT2D eigenvalue weighted by atomic mass is 32.1. The second-order valence-corrected chi connectivity index (χ2v) is 6.56. The lowest BCUT2D eigenvalue weighted by molar-refractivity contribution is -0.00279. The van der Waals surface area contributed by atoms with Gasteiger partial charge in [0.15, 0.2) is 0 Å². The summed E-state index contributed by atoms with van der Waals surface area (Å²) in [6.07, 6.45) is 0. The van der Waals surface area contributed by atoms with Gasteiger partial charge in [-0.15, -0.1) is 11.3 Å². The zero-order valence-electron chi connectivity index (χ0n) is 13.8. The van der Waals surface area contributed by atoms with E-state index in [9.17, 15) is 4.79 Å². The van der Waals surface area contributed by atoms with Gasteiger partial charge in [-0.2, -0.15) is 5.10 Å². The van der Waals surface area contributed by atoms with E-state index in [1.807, 2.05) is 35.9 Å². The van der Waals surface area contributed by atoms with Gasteiger partial charge in [0.05, 0.1) is 36.9 Å². The van der Waals surface area contributed by atoms with Crippen molar-refractivity contribution in [2.45, 2.75) is 19.9 Å². The van der Waals surface area contributed by atoms with E-state index in [4.69, 9.17) is 9.47 Å². The minimum Gasteiger partial charge on any atom is -0.496 e. The summed E-state index contributed by atoms with van der Waals surface area (Å²) in [5.41, 5.74) is 3.10. The Balaban J connectivity index is 1.94. The van der Waals surface area contributed by atoms with Crippen molar-refractivity contribution in [3.63, 3.8) is 0 Å². The van der Waals surface area contributed by atoms with E-state index in [1.165, 1.54) is 11.3 Å². The van der Waals surface area contributed by atoms with Crippen molar-refractivity contribution in [1.29, 1.82) is 0 Å². The SMILES string of the molecule is COc1csc(C(=O)N2CCOCC2c2c(C)nn(C)c2C)c1. The van der Waals surface area contributed by atoms with Gasteiger partial charge < -0.3 is 14.4 Å². The van der Waals surface area contributed by atoms with Gasteiger partial charge >= 0.3 is 0 Å². The first-order valence-electron chi connectivity index (χ1n) is 7.54. The fourth-order valence-electron chi connectivity index (χ4n) is 3.04. The summed E-state index contributed by atoms with van der Waals surface area (Å²) >= 11 is 1.41. The Morgan fingerprint density at radius 3 is 2.87 bits per heavy atom. The van der Waals surface area contributed by atoms with Gasteiger partial charge in [0.1, 0.15) is 5.75 Å². The Morgan fingerprint density at radius 1 is 1.48 bits per heavy atom. The Bertz CT molecular complexity index is 722. The number of amides is 1. The summed E-state index contributed by atoms with van der Waals surface area (Å²) in [4.78, 5) is 15.5. The van der Waals surface area contributed by atoms with Gasteiger partial charge in [-0.1, -0.05) is 0 Å². The molecule has 0 N–H and O–H groups in total. The highest BCUT2D eigenvalue weighted by molar-refractivity contribution is 7.12. The van der Waals surface area contributed by atoms with Gasteiger partial charge in [-0.25, -0.2) is 0 Å². The monoisotopic (exact) mass is 335 g/mol. The smallest absolute Gasteiger partial charge is 0.264 e. The van der Waals surface area contributed by atoms with Crippen LogP contribution in [0.2, 0.25) is 0 Å². The van der Waals surface area contributed by atoms with Gasteiger partial charge in [0.2, 0.25) is 0 Å². The van der Waals surface area contributed by atoms with Crippen LogP contribution in [0.25, 0.3) is 0 Å². The average Bonchev–Trinajstić information content (AvgIpc) is 3.12. The molecule has 0 saturated carbocycles. The van der Waals surface area contributed by atoms with E-state index in [0.717, 1.165) is 22.7 Å². The summed E-state index contributed by atoms with van der Waals surface area (Å²) < 4.78 is 12.7. The normalized spacial score (nSPS) is 18.3. The molecule has 3 heterocycles. The third-order valence-corrected chi connectivity index (χ3v) is 5.21. The molecule has 7 heteroatoms. The number of hydrogen-bond acceptors (Lipinski definition) is 5. The number of aromatic nitrogens is 2. The molecule has 1 aliphatic rings. The number of hydrogen-bond donors (Lipinski definition) is 0. The van der Waals surface area contributed by atoms with E-state index < -0.39 is 0 Å². The molecule has 0 spiro atoms. The molecule has 2 aromatic heterocycles. The predicted molar refractivity (Wildman–Crippen MR) is 88.1 cm³/mol. The standard InChI is InChI=1S/C16H21N3O3S/c1-10-15(11(2)18(3)17-10)13-8-22-6-5-19(13)16(20)14-7-12(21-4)9-23-14/h7,9,13H,5-6,8H2,1-4H3. The van der Waals surface area contributed by atoms with Crippen LogP contribution in [0.5, 0.6) is 5.75 Å². The number of aryl methyl sites for hydroxylation is 2. The lowest BCUT2D eigenvalue weighted by Crippen LogP contribution is -2.43. The van der Waals surface area contributed by atoms with Crippen LogP contribution in [0, 0.1) is 13.8 Å². The Kier molecular flexibility index (Phi) is 4.41. The molecule has 6 nitrogen and oxygen atoms in total. The molecule has 0 radical (unpaired) electrons. The van der Waals surface area contributed by atoms with Crippen molar-refractivity contribution in [3.8, 4) is 5.75 Å².